The van der Waals surface area contributed by atoms with Crippen molar-refractivity contribution in [3.05, 3.63) is 82.1 Å². The molecule has 25 heavy (non-hydrogen) atoms. The first-order valence-corrected chi connectivity index (χ1v) is 8.65. The van der Waals surface area contributed by atoms with Crippen LogP contribution in [0.2, 0.25) is 0 Å². The summed E-state index contributed by atoms with van der Waals surface area (Å²) in [6.07, 6.45) is 3.52. The second-order valence-corrected chi connectivity index (χ2v) is 6.51. The lowest BCUT2D eigenvalue weighted by atomic mass is 10.1. The Kier molecular flexibility index (Phi) is 5.06. The molecule has 0 aliphatic rings. The van der Waals surface area contributed by atoms with Gasteiger partial charge in [-0.25, -0.2) is 0 Å². The molecule has 0 aliphatic carbocycles. The number of aromatic nitrogens is 2. The Bertz CT molecular complexity index is 1100. The predicted octanol–water partition coefficient (Wildman–Crippen LogP) is 5.72. The van der Waals surface area contributed by atoms with Gasteiger partial charge in [0, 0.05) is 27.6 Å². The standard InChI is InChI=1S/C11H8N2.C10H8BrN/c1-8-4-5-9-3-2-6-13-11(9)10(8)7-12;1-7-4-5-8-3-2-6-12-10(8)9(7)11/h2-6H,1H3;2-6H,1H3. The quantitative estimate of drug-likeness (QED) is 0.386. The molecule has 122 valence electrons. The van der Waals surface area contributed by atoms with Gasteiger partial charge in [0.1, 0.15) is 6.07 Å². The molecule has 4 aromatic rings. The summed E-state index contributed by atoms with van der Waals surface area (Å²) < 4.78 is 1.10. The lowest BCUT2D eigenvalue weighted by Crippen LogP contribution is -1.87. The Morgan fingerprint density at radius 2 is 1.36 bits per heavy atom. The maximum absolute atomic E-state index is 8.93. The van der Waals surface area contributed by atoms with E-state index >= 15 is 0 Å². The van der Waals surface area contributed by atoms with Crippen molar-refractivity contribution >= 4 is 37.7 Å². The van der Waals surface area contributed by atoms with Crippen molar-refractivity contribution in [1.82, 2.24) is 9.97 Å². The maximum Gasteiger partial charge on any atom is 0.102 e. The molecule has 0 aliphatic heterocycles. The lowest BCUT2D eigenvalue weighted by molar-refractivity contribution is 1.35. The average Bonchev–Trinajstić information content (AvgIpc) is 2.65. The number of aryl methyl sites for hydroxylation is 2. The number of fused-ring (bicyclic) bond motifs is 2. The first-order chi connectivity index (χ1) is 12.1. The van der Waals surface area contributed by atoms with E-state index in [1.165, 1.54) is 10.9 Å². The van der Waals surface area contributed by atoms with Crippen molar-refractivity contribution in [3.8, 4) is 6.07 Å². The number of nitriles is 1. The summed E-state index contributed by atoms with van der Waals surface area (Å²) in [6, 6.07) is 18.1. The van der Waals surface area contributed by atoms with Gasteiger partial charge >= 0.3 is 0 Å². The van der Waals surface area contributed by atoms with E-state index in [-0.39, 0.29) is 0 Å². The van der Waals surface area contributed by atoms with E-state index in [0.717, 1.165) is 26.5 Å². The van der Waals surface area contributed by atoms with Crippen LogP contribution in [0.5, 0.6) is 0 Å². The van der Waals surface area contributed by atoms with Gasteiger partial charge in [0.2, 0.25) is 0 Å². The Labute approximate surface area is 155 Å². The number of halogens is 1. The monoisotopic (exact) mass is 389 g/mol. The average molecular weight is 390 g/mol. The predicted molar refractivity (Wildman–Crippen MR) is 105 cm³/mol. The lowest BCUT2D eigenvalue weighted by Gasteiger charge is -2.01. The molecule has 0 atom stereocenters. The van der Waals surface area contributed by atoms with Crippen LogP contribution in [0.3, 0.4) is 0 Å². The summed E-state index contributed by atoms with van der Waals surface area (Å²) in [5, 5.41) is 11.1. The summed E-state index contributed by atoms with van der Waals surface area (Å²) in [4.78, 5) is 8.49. The van der Waals surface area contributed by atoms with E-state index < -0.39 is 0 Å². The fraction of sp³-hybridized carbons (Fsp3) is 0.0952. The molecule has 0 spiro atoms. The number of nitrogens with zero attached hydrogens (tertiary/aromatic N) is 3. The highest BCUT2D eigenvalue weighted by Crippen LogP contribution is 2.24. The topological polar surface area (TPSA) is 49.6 Å². The second-order valence-electron chi connectivity index (χ2n) is 5.72. The van der Waals surface area contributed by atoms with Gasteiger partial charge < -0.3 is 0 Å². The van der Waals surface area contributed by atoms with E-state index in [0.29, 0.717) is 5.56 Å². The van der Waals surface area contributed by atoms with Crippen molar-refractivity contribution in [2.45, 2.75) is 13.8 Å². The molecule has 3 nitrogen and oxygen atoms in total. The molecule has 4 heteroatoms. The van der Waals surface area contributed by atoms with Crippen LogP contribution < -0.4 is 0 Å². The Morgan fingerprint density at radius 3 is 2.00 bits per heavy atom. The number of benzene rings is 2. The van der Waals surface area contributed by atoms with E-state index in [2.05, 4.69) is 57.1 Å². The fourth-order valence-electron chi connectivity index (χ4n) is 2.60. The Hall–Kier alpha value is -2.77. The summed E-state index contributed by atoms with van der Waals surface area (Å²) in [5.41, 5.74) is 4.72. The Balaban J connectivity index is 0.000000146. The molecule has 2 aromatic heterocycles. The van der Waals surface area contributed by atoms with Gasteiger partial charge in [-0.15, -0.1) is 0 Å². The number of hydrogen-bond donors (Lipinski definition) is 0. The van der Waals surface area contributed by atoms with Crippen LogP contribution in [-0.2, 0) is 0 Å². The maximum atomic E-state index is 8.93. The molecule has 0 fully saturated rings. The molecule has 0 amide bonds. The van der Waals surface area contributed by atoms with Crippen LogP contribution >= 0.6 is 15.9 Å². The van der Waals surface area contributed by atoms with E-state index in [4.69, 9.17) is 5.26 Å². The number of rotatable bonds is 0. The van der Waals surface area contributed by atoms with Gasteiger partial charge in [0.05, 0.1) is 16.6 Å². The number of pyridine rings is 2. The van der Waals surface area contributed by atoms with Crippen LogP contribution in [0.1, 0.15) is 16.7 Å². The molecule has 0 radical (unpaired) electrons. The summed E-state index contributed by atoms with van der Waals surface area (Å²) in [6.45, 7) is 3.99. The van der Waals surface area contributed by atoms with Crippen LogP contribution in [0.15, 0.2) is 65.4 Å². The Morgan fingerprint density at radius 1 is 0.800 bits per heavy atom. The van der Waals surface area contributed by atoms with Crippen LogP contribution in [0.4, 0.5) is 0 Å². The largest absolute Gasteiger partial charge is 0.255 e. The molecule has 0 N–H and O–H groups in total. The first-order valence-electron chi connectivity index (χ1n) is 7.86. The third-order valence-corrected chi connectivity index (χ3v) is 5.00. The van der Waals surface area contributed by atoms with Crippen LogP contribution in [0.25, 0.3) is 21.8 Å². The smallest absolute Gasteiger partial charge is 0.102 e. The first kappa shape index (κ1) is 17.1. The highest BCUT2D eigenvalue weighted by Gasteiger charge is 2.03. The van der Waals surface area contributed by atoms with Gasteiger partial charge in [-0.2, -0.15) is 5.26 Å². The van der Waals surface area contributed by atoms with Crippen molar-refractivity contribution in [2.75, 3.05) is 0 Å². The normalized spacial score (nSPS) is 10.2. The minimum atomic E-state index is 0.679. The van der Waals surface area contributed by atoms with Crippen molar-refractivity contribution < 1.29 is 0 Å². The minimum absolute atomic E-state index is 0.679. The highest BCUT2D eigenvalue weighted by atomic mass is 79.9. The van der Waals surface area contributed by atoms with Gasteiger partial charge in [-0.05, 0) is 53.0 Å². The summed E-state index contributed by atoms with van der Waals surface area (Å²) in [5.74, 6) is 0. The summed E-state index contributed by atoms with van der Waals surface area (Å²) >= 11 is 3.52. The third kappa shape index (κ3) is 3.52. The van der Waals surface area contributed by atoms with E-state index in [1.54, 1.807) is 6.20 Å². The van der Waals surface area contributed by atoms with Crippen molar-refractivity contribution in [2.24, 2.45) is 0 Å². The zero-order valence-electron chi connectivity index (χ0n) is 14.0. The molecular weight excluding hydrogens is 374 g/mol. The molecule has 4 rings (SSSR count). The SMILES string of the molecule is Cc1ccc2cccnc2c1Br.Cc1ccc2cccnc2c1C#N. The fourth-order valence-corrected chi connectivity index (χ4v) is 3.06. The van der Waals surface area contributed by atoms with Crippen molar-refractivity contribution in [1.29, 1.82) is 5.26 Å². The van der Waals surface area contributed by atoms with Gasteiger partial charge in [0.15, 0.2) is 0 Å². The summed E-state index contributed by atoms with van der Waals surface area (Å²) in [7, 11) is 0. The second kappa shape index (κ2) is 7.42. The third-order valence-electron chi connectivity index (χ3n) is 4.00. The van der Waals surface area contributed by atoms with E-state index in [1.807, 2.05) is 43.5 Å². The molecule has 0 unspecified atom stereocenters. The zero-order valence-corrected chi connectivity index (χ0v) is 15.6. The molecular formula is C21H16BrN3. The zero-order chi connectivity index (χ0) is 17.8. The molecule has 2 aromatic carbocycles. The molecule has 0 saturated carbocycles. The van der Waals surface area contributed by atoms with E-state index in [9.17, 15) is 0 Å². The molecule has 0 saturated heterocycles. The number of hydrogen-bond acceptors (Lipinski definition) is 3. The van der Waals surface area contributed by atoms with Crippen LogP contribution in [0, 0.1) is 25.2 Å². The van der Waals surface area contributed by atoms with Crippen LogP contribution in [-0.4, -0.2) is 9.97 Å². The highest BCUT2D eigenvalue weighted by molar-refractivity contribution is 9.10. The van der Waals surface area contributed by atoms with Crippen molar-refractivity contribution in [3.63, 3.8) is 0 Å². The molecule has 2 heterocycles. The molecule has 0 bridgehead atoms. The van der Waals surface area contributed by atoms with Gasteiger partial charge in [-0.1, -0.05) is 36.4 Å². The van der Waals surface area contributed by atoms with Gasteiger partial charge in [0.25, 0.3) is 0 Å². The van der Waals surface area contributed by atoms with Gasteiger partial charge in [-0.3, -0.25) is 9.97 Å². The minimum Gasteiger partial charge on any atom is -0.255 e.